The van der Waals surface area contributed by atoms with Crippen LogP contribution >= 0.6 is 0 Å². The zero-order valence-corrected chi connectivity index (χ0v) is 31.1. The molecule has 0 aliphatic heterocycles. The number of aromatic nitrogens is 5. The van der Waals surface area contributed by atoms with Gasteiger partial charge >= 0.3 is 0 Å². The molecule has 4 heterocycles. The minimum absolute atomic E-state index is 0.628. The van der Waals surface area contributed by atoms with Crippen LogP contribution in [0.25, 0.3) is 121 Å². The van der Waals surface area contributed by atoms with Crippen molar-refractivity contribution in [2.24, 2.45) is 0 Å². The largest absolute Gasteiger partial charge is 0.307 e. The van der Waals surface area contributed by atoms with Crippen LogP contribution in [0.2, 0.25) is 0 Å². The minimum atomic E-state index is 0.628. The van der Waals surface area contributed by atoms with Crippen molar-refractivity contribution in [2.75, 3.05) is 0 Å². The van der Waals surface area contributed by atoms with Gasteiger partial charge in [-0.2, -0.15) is 0 Å². The van der Waals surface area contributed by atoms with Crippen molar-refractivity contribution < 1.29 is 0 Å². The normalized spacial score (nSPS) is 12.1. The van der Waals surface area contributed by atoms with Gasteiger partial charge in [-0.05, 0) is 51.9 Å². The van der Waals surface area contributed by atoms with Crippen LogP contribution in [0.15, 0.2) is 188 Å². The van der Waals surface area contributed by atoms with E-state index in [4.69, 9.17) is 15.0 Å². The van der Waals surface area contributed by atoms with Gasteiger partial charge in [-0.3, -0.25) is 0 Å². The van der Waals surface area contributed by atoms with Crippen molar-refractivity contribution in [3.8, 4) is 34.2 Å². The van der Waals surface area contributed by atoms with Gasteiger partial charge in [0.25, 0.3) is 0 Å². The van der Waals surface area contributed by atoms with Crippen molar-refractivity contribution in [1.29, 1.82) is 0 Å². The fourth-order valence-corrected chi connectivity index (χ4v) is 9.56. The third kappa shape index (κ3) is 4.33. The summed E-state index contributed by atoms with van der Waals surface area (Å²) in [7, 11) is 0. The number of para-hydroxylation sites is 2. The average molecular weight is 738 g/mol. The van der Waals surface area contributed by atoms with E-state index in [9.17, 15) is 0 Å². The maximum Gasteiger partial charge on any atom is 0.164 e. The molecule has 0 aliphatic rings. The Kier molecular flexibility index (Phi) is 6.38. The van der Waals surface area contributed by atoms with E-state index in [2.05, 4.69) is 160 Å². The van der Waals surface area contributed by atoms with E-state index in [1.165, 1.54) is 65.0 Å². The van der Waals surface area contributed by atoms with Crippen molar-refractivity contribution in [2.45, 2.75) is 0 Å². The maximum atomic E-state index is 5.17. The topological polar surface area (TPSA) is 47.5 Å². The lowest BCUT2D eigenvalue weighted by Gasteiger charge is -2.13. The summed E-state index contributed by atoms with van der Waals surface area (Å²) in [6.45, 7) is 0. The highest BCUT2D eigenvalue weighted by atomic mass is 15.0. The summed E-state index contributed by atoms with van der Waals surface area (Å²) in [5.41, 5.74) is 9.76. The van der Waals surface area contributed by atoms with Gasteiger partial charge in [-0.1, -0.05) is 158 Å². The predicted molar refractivity (Wildman–Crippen MR) is 241 cm³/mol. The van der Waals surface area contributed by atoms with Crippen LogP contribution < -0.4 is 0 Å². The summed E-state index contributed by atoms with van der Waals surface area (Å²) in [6, 6.07) is 67.4. The Hall–Kier alpha value is -7.89. The SMILES string of the molecule is c1ccc(-c2nc(-c3ccccc3)nc(-c3ccc4c5cc6ccccc6c6c7c8ccccc8ccc7n(c7cccc8c9ccccc9n(c4c3)c87)c56)n2)cc1. The van der Waals surface area contributed by atoms with Crippen molar-refractivity contribution in [3.05, 3.63) is 188 Å². The van der Waals surface area contributed by atoms with Gasteiger partial charge in [0.05, 0.1) is 33.1 Å². The minimum Gasteiger partial charge on any atom is -0.307 e. The Balaban J connectivity index is 1.27. The maximum absolute atomic E-state index is 5.17. The summed E-state index contributed by atoms with van der Waals surface area (Å²) in [5, 5.41) is 12.2. The molecule has 5 nitrogen and oxygen atoms in total. The fraction of sp³-hybridized carbons (Fsp3) is 0. The molecule has 4 aromatic heterocycles. The molecule has 0 aliphatic carbocycles. The van der Waals surface area contributed by atoms with Crippen molar-refractivity contribution >= 4 is 87.0 Å². The lowest BCUT2D eigenvalue weighted by molar-refractivity contribution is 1.07. The second-order valence-electron chi connectivity index (χ2n) is 15.2. The van der Waals surface area contributed by atoms with Gasteiger partial charge in [0, 0.05) is 49.0 Å². The Morgan fingerprint density at radius 3 is 1.57 bits per heavy atom. The monoisotopic (exact) mass is 737 g/mol. The second-order valence-corrected chi connectivity index (χ2v) is 15.2. The standard InChI is InChI=1S/C53H31N5/c1-3-15-33(16-4-1)51-54-52(34-17-5-2-6-18-34)56-53(55-51)36-26-28-40-42-30-35-19-8-10-21-38(35)48-47-37-20-9-7-14-32(37)27-29-44(47)58(50(42)48)45-25-13-23-41-39-22-11-12-24-43(39)57(49(41)45)46(40)31-36/h1-31H. The number of hydrogen-bond acceptors (Lipinski definition) is 3. The van der Waals surface area contributed by atoms with Gasteiger partial charge in [0.15, 0.2) is 17.5 Å². The van der Waals surface area contributed by atoms with Crippen LogP contribution in [0.3, 0.4) is 0 Å². The van der Waals surface area contributed by atoms with Crippen molar-refractivity contribution in [1.82, 2.24) is 23.8 Å². The van der Waals surface area contributed by atoms with Gasteiger partial charge in [0.2, 0.25) is 0 Å². The molecule has 0 saturated carbocycles. The van der Waals surface area contributed by atoms with E-state index in [0.717, 1.165) is 38.6 Å². The number of rotatable bonds is 3. The molecule has 0 bridgehead atoms. The second kappa shape index (κ2) is 11.8. The molecule has 268 valence electrons. The third-order valence-corrected chi connectivity index (χ3v) is 12.0. The van der Waals surface area contributed by atoms with Gasteiger partial charge in [-0.15, -0.1) is 0 Å². The van der Waals surface area contributed by atoms with E-state index in [-0.39, 0.29) is 0 Å². The molecule has 0 atom stereocenters. The quantitative estimate of drug-likeness (QED) is 0.181. The third-order valence-electron chi connectivity index (χ3n) is 12.0. The Morgan fingerprint density at radius 2 is 0.828 bits per heavy atom. The molecule has 13 aromatic rings. The van der Waals surface area contributed by atoms with Crippen LogP contribution in [0.5, 0.6) is 0 Å². The molecule has 0 spiro atoms. The van der Waals surface area contributed by atoms with Gasteiger partial charge in [-0.25, -0.2) is 15.0 Å². The zero-order chi connectivity index (χ0) is 37.9. The van der Waals surface area contributed by atoms with Crippen LogP contribution in [0.1, 0.15) is 0 Å². The molecular weight excluding hydrogens is 707 g/mol. The number of fused-ring (bicyclic) bond motifs is 14. The predicted octanol–water partition coefficient (Wildman–Crippen LogP) is 13.5. The summed E-state index contributed by atoms with van der Waals surface area (Å²) in [4.78, 5) is 15.3. The molecule has 0 fully saturated rings. The Morgan fingerprint density at radius 1 is 0.276 bits per heavy atom. The molecular formula is C53H31N5. The molecule has 0 N–H and O–H groups in total. The average Bonchev–Trinajstić information content (AvgIpc) is 3.83. The highest BCUT2D eigenvalue weighted by molar-refractivity contribution is 6.34. The first kappa shape index (κ1) is 31.3. The molecule has 9 aromatic carbocycles. The molecule has 0 amide bonds. The Bertz CT molecular complexity index is 3790. The van der Waals surface area contributed by atoms with E-state index < -0.39 is 0 Å². The molecule has 58 heavy (non-hydrogen) atoms. The van der Waals surface area contributed by atoms with Crippen molar-refractivity contribution in [3.63, 3.8) is 0 Å². The lowest BCUT2D eigenvalue weighted by atomic mass is 9.97. The molecule has 0 saturated heterocycles. The molecule has 13 rings (SSSR count). The zero-order valence-electron chi connectivity index (χ0n) is 31.1. The van der Waals surface area contributed by atoms with E-state index in [1.54, 1.807) is 0 Å². The summed E-state index contributed by atoms with van der Waals surface area (Å²) >= 11 is 0. The smallest absolute Gasteiger partial charge is 0.164 e. The van der Waals surface area contributed by atoms with Gasteiger partial charge < -0.3 is 8.80 Å². The lowest BCUT2D eigenvalue weighted by Crippen LogP contribution is -2.00. The number of benzene rings is 9. The highest BCUT2D eigenvalue weighted by Crippen LogP contribution is 2.45. The first-order chi connectivity index (χ1) is 28.8. The van der Waals surface area contributed by atoms with Gasteiger partial charge in [0.1, 0.15) is 0 Å². The van der Waals surface area contributed by atoms with Crippen LogP contribution in [-0.2, 0) is 0 Å². The first-order valence-corrected chi connectivity index (χ1v) is 19.7. The van der Waals surface area contributed by atoms with E-state index in [1.807, 2.05) is 36.4 Å². The molecule has 5 heteroatoms. The molecule has 0 unspecified atom stereocenters. The van der Waals surface area contributed by atoms with Crippen LogP contribution in [0, 0.1) is 0 Å². The Labute approximate surface area is 331 Å². The fourth-order valence-electron chi connectivity index (χ4n) is 9.56. The van der Waals surface area contributed by atoms with Crippen LogP contribution in [-0.4, -0.2) is 23.8 Å². The number of hydrogen-bond donors (Lipinski definition) is 0. The summed E-state index contributed by atoms with van der Waals surface area (Å²) in [5.74, 6) is 1.91. The number of nitrogens with zero attached hydrogens (tertiary/aromatic N) is 5. The van der Waals surface area contributed by atoms with E-state index >= 15 is 0 Å². The van der Waals surface area contributed by atoms with E-state index in [0.29, 0.717) is 17.5 Å². The summed E-state index contributed by atoms with van der Waals surface area (Å²) in [6.07, 6.45) is 0. The first-order valence-electron chi connectivity index (χ1n) is 19.7. The molecule has 0 radical (unpaired) electrons. The van der Waals surface area contributed by atoms with Crippen LogP contribution in [0.4, 0.5) is 0 Å². The highest BCUT2D eigenvalue weighted by Gasteiger charge is 2.22. The summed E-state index contributed by atoms with van der Waals surface area (Å²) < 4.78 is 5.02.